The molecule has 0 saturated carbocycles. The second kappa shape index (κ2) is 10.7. The lowest BCUT2D eigenvalue weighted by atomic mass is 10.2. The van der Waals surface area contributed by atoms with Gasteiger partial charge in [-0.05, 0) is 43.8 Å². The molecule has 0 aromatic heterocycles. The van der Waals surface area contributed by atoms with Crippen molar-refractivity contribution in [2.24, 2.45) is 0 Å². The van der Waals surface area contributed by atoms with Crippen LogP contribution in [0.3, 0.4) is 0 Å². The van der Waals surface area contributed by atoms with Crippen molar-refractivity contribution in [1.82, 2.24) is 4.90 Å². The molecule has 0 atom stereocenters. The lowest BCUT2D eigenvalue weighted by Gasteiger charge is -2.16. The molecule has 0 saturated heterocycles. The minimum absolute atomic E-state index is 0.169. The zero-order valence-corrected chi connectivity index (χ0v) is 14.3. The highest BCUT2D eigenvalue weighted by atomic mass is 32.2. The van der Waals surface area contributed by atoms with Gasteiger partial charge in [-0.15, -0.1) is 0 Å². The Morgan fingerprint density at radius 3 is 2.38 bits per heavy atom. The molecule has 0 spiro atoms. The molecule has 0 fully saturated rings. The first kappa shape index (κ1) is 18.1. The molecule has 0 bridgehead atoms. The molecule has 0 radical (unpaired) electrons. The van der Waals surface area contributed by atoms with Gasteiger partial charge in [0, 0.05) is 30.1 Å². The van der Waals surface area contributed by atoms with Gasteiger partial charge >= 0.3 is 0 Å². The standard InChI is InChI=1S/C17H28N2OS/c1-4-7-12-18-16-10-8-15(9-11-16)17(20)21-14-13-19(5-2)6-3/h8-11,18H,4-7,12-14H2,1-3H3. The molecule has 1 aromatic carbocycles. The summed E-state index contributed by atoms with van der Waals surface area (Å²) < 4.78 is 0. The van der Waals surface area contributed by atoms with E-state index >= 15 is 0 Å². The molecule has 1 N–H and O–H groups in total. The van der Waals surface area contributed by atoms with Gasteiger partial charge in [-0.25, -0.2) is 0 Å². The third kappa shape index (κ3) is 7.00. The number of hydrogen-bond acceptors (Lipinski definition) is 4. The van der Waals surface area contributed by atoms with Gasteiger partial charge in [0.2, 0.25) is 5.12 Å². The van der Waals surface area contributed by atoms with Crippen LogP contribution in [-0.4, -0.2) is 41.9 Å². The van der Waals surface area contributed by atoms with Crippen LogP contribution >= 0.6 is 11.8 Å². The molecule has 1 rings (SSSR count). The number of carbonyl (C=O) groups excluding carboxylic acids is 1. The maximum atomic E-state index is 12.1. The average molecular weight is 308 g/mol. The normalized spacial score (nSPS) is 10.9. The van der Waals surface area contributed by atoms with Gasteiger partial charge in [-0.2, -0.15) is 0 Å². The van der Waals surface area contributed by atoms with E-state index in [0.717, 1.165) is 43.2 Å². The van der Waals surface area contributed by atoms with Crippen LogP contribution in [0.15, 0.2) is 24.3 Å². The van der Waals surface area contributed by atoms with E-state index in [1.807, 2.05) is 24.3 Å². The van der Waals surface area contributed by atoms with Crippen LogP contribution < -0.4 is 5.32 Å². The fourth-order valence-electron chi connectivity index (χ4n) is 2.02. The van der Waals surface area contributed by atoms with Crippen LogP contribution in [0.2, 0.25) is 0 Å². The first-order valence-electron chi connectivity index (χ1n) is 7.94. The monoisotopic (exact) mass is 308 g/mol. The van der Waals surface area contributed by atoms with Gasteiger partial charge in [0.25, 0.3) is 0 Å². The highest BCUT2D eigenvalue weighted by Crippen LogP contribution is 2.16. The summed E-state index contributed by atoms with van der Waals surface area (Å²) in [6.07, 6.45) is 2.36. The number of benzene rings is 1. The largest absolute Gasteiger partial charge is 0.385 e. The quantitative estimate of drug-likeness (QED) is 0.659. The van der Waals surface area contributed by atoms with Crippen molar-refractivity contribution in [3.8, 4) is 0 Å². The predicted molar refractivity (Wildman–Crippen MR) is 94.4 cm³/mol. The van der Waals surface area contributed by atoms with Gasteiger partial charge in [0.1, 0.15) is 0 Å². The number of carbonyl (C=O) groups is 1. The highest BCUT2D eigenvalue weighted by molar-refractivity contribution is 8.14. The smallest absolute Gasteiger partial charge is 0.219 e. The van der Waals surface area contributed by atoms with Gasteiger partial charge in [0.05, 0.1) is 0 Å². The molecule has 0 aliphatic rings. The molecule has 0 aliphatic carbocycles. The summed E-state index contributed by atoms with van der Waals surface area (Å²) in [7, 11) is 0. The van der Waals surface area contributed by atoms with Crippen LogP contribution in [0.1, 0.15) is 44.0 Å². The van der Waals surface area contributed by atoms with E-state index in [-0.39, 0.29) is 5.12 Å². The molecule has 1 aromatic rings. The van der Waals surface area contributed by atoms with Crippen LogP contribution in [0.4, 0.5) is 5.69 Å². The molecular weight excluding hydrogens is 280 g/mol. The Bertz CT molecular complexity index is 402. The van der Waals surface area contributed by atoms with E-state index in [9.17, 15) is 4.79 Å². The third-order valence-corrected chi connectivity index (χ3v) is 4.40. The Balaban J connectivity index is 2.37. The number of rotatable bonds is 10. The Kier molecular flexibility index (Phi) is 9.19. The first-order valence-corrected chi connectivity index (χ1v) is 8.93. The second-order valence-corrected chi connectivity index (χ2v) is 6.09. The third-order valence-electron chi connectivity index (χ3n) is 3.52. The van der Waals surface area contributed by atoms with E-state index in [1.54, 1.807) is 0 Å². The second-order valence-electron chi connectivity index (χ2n) is 5.02. The Hall–Kier alpha value is -1.00. The molecular formula is C17H28N2OS. The first-order chi connectivity index (χ1) is 10.2. The molecule has 0 aliphatic heterocycles. The number of nitrogens with one attached hydrogen (secondary N) is 1. The summed E-state index contributed by atoms with van der Waals surface area (Å²) in [5.41, 5.74) is 1.88. The van der Waals surface area contributed by atoms with Gasteiger partial charge < -0.3 is 10.2 Å². The van der Waals surface area contributed by atoms with Crippen LogP contribution in [0, 0.1) is 0 Å². The lowest BCUT2D eigenvalue weighted by Crippen LogP contribution is -2.25. The Morgan fingerprint density at radius 1 is 1.14 bits per heavy atom. The minimum Gasteiger partial charge on any atom is -0.385 e. The predicted octanol–water partition coefficient (Wildman–Crippen LogP) is 4.11. The van der Waals surface area contributed by atoms with Gasteiger partial charge in [-0.3, -0.25) is 4.79 Å². The van der Waals surface area contributed by atoms with E-state index in [1.165, 1.54) is 24.6 Å². The van der Waals surface area contributed by atoms with Crippen molar-refractivity contribution in [2.75, 3.05) is 37.2 Å². The summed E-state index contributed by atoms with van der Waals surface area (Å²) in [5, 5.41) is 3.53. The summed E-state index contributed by atoms with van der Waals surface area (Å²) in [4.78, 5) is 14.4. The van der Waals surface area contributed by atoms with E-state index in [4.69, 9.17) is 0 Å². The summed E-state index contributed by atoms with van der Waals surface area (Å²) in [5.74, 6) is 0.858. The fourth-order valence-corrected chi connectivity index (χ4v) is 2.86. The molecule has 3 nitrogen and oxygen atoms in total. The molecule has 118 valence electrons. The molecule has 0 unspecified atom stereocenters. The van der Waals surface area contributed by atoms with E-state index < -0.39 is 0 Å². The Morgan fingerprint density at radius 2 is 1.81 bits per heavy atom. The number of nitrogens with zero attached hydrogens (tertiary/aromatic N) is 1. The van der Waals surface area contributed by atoms with Crippen molar-refractivity contribution < 1.29 is 4.79 Å². The van der Waals surface area contributed by atoms with Crippen LogP contribution in [0.5, 0.6) is 0 Å². The SMILES string of the molecule is CCCCNc1ccc(C(=O)SCCN(CC)CC)cc1. The maximum Gasteiger partial charge on any atom is 0.219 e. The topological polar surface area (TPSA) is 32.3 Å². The molecule has 4 heteroatoms. The van der Waals surface area contributed by atoms with Crippen molar-refractivity contribution in [1.29, 1.82) is 0 Å². The number of hydrogen-bond donors (Lipinski definition) is 1. The lowest BCUT2D eigenvalue weighted by molar-refractivity contribution is 0.108. The summed E-state index contributed by atoms with van der Waals surface area (Å²) in [6, 6.07) is 7.82. The number of unbranched alkanes of at least 4 members (excludes halogenated alkanes) is 1. The average Bonchev–Trinajstić information content (AvgIpc) is 2.52. The number of anilines is 1. The summed E-state index contributed by atoms with van der Waals surface area (Å²) in [6.45, 7) is 10.5. The van der Waals surface area contributed by atoms with Gasteiger partial charge in [0.15, 0.2) is 0 Å². The van der Waals surface area contributed by atoms with Crippen LogP contribution in [0.25, 0.3) is 0 Å². The zero-order chi connectivity index (χ0) is 15.5. The summed E-state index contributed by atoms with van der Waals surface area (Å²) >= 11 is 1.41. The Labute approximate surface area is 133 Å². The molecule has 0 amide bonds. The van der Waals surface area contributed by atoms with Crippen LogP contribution in [-0.2, 0) is 0 Å². The van der Waals surface area contributed by atoms with Crippen molar-refractivity contribution >= 4 is 22.6 Å². The highest BCUT2D eigenvalue weighted by Gasteiger charge is 2.07. The van der Waals surface area contributed by atoms with Crippen molar-refractivity contribution in [2.45, 2.75) is 33.6 Å². The maximum absolute atomic E-state index is 12.1. The van der Waals surface area contributed by atoms with E-state index in [0.29, 0.717) is 0 Å². The van der Waals surface area contributed by atoms with Crippen molar-refractivity contribution in [3.63, 3.8) is 0 Å². The minimum atomic E-state index is 0.169. The fraction of sp³-hybridized carbons (Fsp3) is 0.588. The number of thioether (sulfide) groups is 1. The molecule has 0 heterocycles. The van der Waals surface area contributed by atoms with Gasteiger partial charge in [-0.1, -0.05) is 39.0 Å². The molecule has 21 heavy (non-hydrogen) atoms. The van der Waals surface area contributed by atoms with Crippen molar-refractivity contribution in [3.05, 3.63) is 29.8 Å². The van der Waals surface area contributed by atoms with E-state index in [2.05, 4.69) is 31.0 Å². The zero-order valence-electron chi connectivity index (χ0n) is 13.5.